The average molecular weight is 403 g/mol. The molecule has 0 bridgehead atoms. The first-order chi connectivity index (χ1) is 13.4. The smallest absolute Gasteiger partial charge is 0.333 e. The summed E-state index contributed by atoms with van der Waals surface area (Å²) in [5.41, 5.74) is 1.18. The van der Waals surface area contributed by atoms with Crippen LogP contribution in [0.15, 0.2) is 60.7 Å². The van der Waals surface area contributed by atoms with Gasteiger partial charge in [-0.25, -0.2) is 4.79 Å². The summed E-state index contributed by atoms with van der Waals surface area (Å²) in [6.07, 6.45) is 1.74. The second-order valence-corrected chi connectivity index (χ2v) is 9.15. The van der Waals surface area contributed by atoms with E-state index in [0.717, 1.165) is 12.8 Å². The zero-order valence-electron chi connectivity index (χ0n) is 15.9. The normalized spacial score (nSPS) is 13.9. The van der Waals surface area contributed by atoms with Gasteiger partial charge in [0.15, 0.2) is 0 Å². The van der Waals surface area contributed by atoms with E-state index in [9.17, 15) is 19.0 Å². The highest BCUT2D eigenvalue weighted by Gasteiger charge is 2.25. The molecule has 0 spiro atoms. The Kier molecular flexibility index (Phi) is 8.42. The van der Waals surface area contributed by atoms with Crippen LogP contribution in [0.4, 0.5) is 0 Å². The fourth-order valence-corrected chi connectivity index (χ4v) is 4.09. The Morgan fingerprint density at radius 2 is 1.64 bits per heavy atom. The molecule has 0 radical (unpaired) electrons. The van der Waals surface area contributed by atoms with E-state index in [1.54, 1.807) is 30.3 Å². The summed E-state index contributed by atoms with van der Waals surface area (Å²) < 4.78 is 17.4. The van der Waals surface area contributed by atoms with E-state index in [0.29, 0.717) is 12.2 Å². The van der Waals surface area contributed by atoms with Crippen molar-refractivity contribution < 1.29 is 23.8 Å². The third-order valence-corrected chi connectivity index (χ3v) is 5.95. The highest BCUT2D eigenvalue weighted by atomic mass is 31.2. The molecular weight excluding hydrogens is 377 g/mol. The Morgan fingerprint density at radius 3 is 2.29 bits per heavy atom. The van der Waals surface area contributed by atoms with Crippen LogP contribution >= 0.6 is 7.37 Å². The van der Waals surface area contributed by atoms with E-state index in [-0.39, 0.29) is 6.16 Å². The van der Waals surface area contributed by atoms with Gasteiger partial charge in [-0.2, -0.15) is 0 Å². The SMILES string of the molecule is C[C@H](NC(=O)CP(=O)(O)CCCCc1ccccc1)C(=O)Oc1ccccc1. The molecular formula is C21H26NO5P. The first-order valence-corrected chi connectivity index (χ1v) is 11.3. The number of para-hydroxylation sites is 1. The summed E-state index contributed by atoms with van der Waals surface area (Å²) in [7, 11) is -3.59. The number of benzene rings is 2. The van der Waals surface area contributed by atoms with Gasteiger partial charge in [0.2, 0.25) is 13.3 Å². The van der Waals surface area contributed by atoms with Gasteiger partial charge in [0, 0.05) is 6.16 Å². The predicted molar refractivity (Wildman–Crippen MR) is 109 cm³/mol. The maximum Gasteiger partial charge on any atom is 0.333 e. The molecule has 0 aromatic heterocycles. The molecule has 6 nitrogen and oxygen atoms in total. The maximum absolute atomic E-state index is 12.3. The van der Waals surface area contributed by atoms with Gasteiger partial charge in [-0.1, -0.05) is 48.5 Å². The number of amides is 1. The first-order valence-electron chi connectivity index (χ1n) is 9.26. The summed E-state index contributed by atoms with van der Waals surface area (Å²) in [4.78, 5) is 34.1. The van der Waals surface area contributed by atoms with Gasteiger partial charge in [0.1, 0.15) is 18.0 Å². The van der Waals surface area contributed by atoms with Crippen LogP contribution in [0, 0.1) is 0 Å². The summed E-state index contributed by atoms with van der Waals surface area (Å²) in [5, 5.41) is 2.43. The van der Waals surface area contributed by atoms with Gasteiger partial charge < -0.3 is 14.9 Å². The van der Waals surface area contributed by atoms with Crippen molar-refractivity contribution in [3.8, 4) is 5.75 Å². The molecule has 0 saturated carbocycles. The highest BCUT2D eigenvalue weighted by molar-refractivity contribution is 7.58. The summed E-state index contributed by atoms with van der Waals surface area (Å²) in [6.45, 7) is 1.48. The molecule has 2 atom stereocenters. The van der Waals surface area contributed by atoms with Crippen molar-refractivity contribution in [3.63, 3.8) is 0 Å². The van der Waals surface area contributed by atoms with Gasteiger partial charge >= 0.3 is 5.97 Å². The van der Waals surface area contributed by atoms with Crippen LogP contribution in [-0.4, -0.2) is 35.1 Å². The molecule has 28 heavy (non-hydrogen) atoms. The molecule has 1 amide bonds. The summed E-state index contributed by atoms with van der Waals surface area (Å²) in [5.74, 6) is -0.888. The van der Waals surface area contributed by atoms with Crippen LogP contribution < -0.4 is 10.1 Å². The van der Waals surface area contributed by atoms with Crippen LogP contribution in [0.3, 0.4) is 0 Å². The average Bonchev–Trinajstić information content (AvgIpc) is 2.66. The summed E-state index contributed by atoms with van der Waals surface area (Å²) >= 11 is 0. The molecule has 0 aliphatic carbocycles. The Morgan fingerprint density at radius 1 is 1.04 bits per heavy atom. The molecule has 0 heterocycles. The van der Waals surface area contributed by atoms with Crippen LogP contribution in [0.25, 0.3) is 0 Å². The molecule has 7 heteroatoms. The lowest BCUT2D eigenvalue weighted by Crippen LogP contribution is -2.42. The van der Waals surface area contributed by atoms with Gasteiger partial charge in [-0.3, -0.25) is 9.36 Å². The maximum atomic E-state index is 12.3. The molecule has 2 N–H and O–H groups in total. The van der Waals surface area contributed by atoms with Gasteiger partial charge in [-0.15, -0.1) is 0 Å². The van der Waals surface area contributed by atoms with E-state index < -0.39 is 31.4 Å². The quantitative estimate of drug-likeness (QED) is 0.275. The third-order valence-electron chi connectivity index (χ3n) is 4.15. The minimum absolute atomic E-state index is 0.0795. The topological polar surface area (TPSA) is 92.7 Å². The van der Waals surface area contributed by atoms with E-state index >= 15 is 0 Å². The molecule has 0 saturated heterocycles. The van der Waals surface area contributed by atoms with Crippen LogP contribution in [0.2, 0.25) is 0 Å². The number of nitrogens with one attached hydrogen (secondary N) is 1. The third kappa shape index (κ3) is 8.07. The lowest BCUT2D eigenvalue weighted by Gasteiger charge is -2.15. The monoisotopic (exact) mass is 403 g/mol. The second kappa shape index (κ2) is 10.8. The molecule has 2 rings (SSSR count). The van der Waals surface area contributed by atoms with E-state index in [1.165, 1.54) is 12.5 Å². The number of unbranched alkanes of at least 4 members (excludes halogenated alkanes) is 1. The van der Waals surface area contributed by atoms with Crippen molar-refractivity contribution in [3.05, 3.63) is 66.2 Å². The Hall–Kier alpha value is -2.43. The van der Waals surface area contributed by atoms with Gasteiger partial charge in [-0.05, 0) is 43.9 Å². The van der Waals surface area contributed by atoms with Crippen molar-refractivity contribution >= 4 is 19.2 Å². The number of esters is 1. The Bertz CT molecular complexity index is 810. The lowest BCUT2D eigenvalue weighted by atomic mass is 10.1. The van der Waals surface area contributed by atoms with Gasteiger partial charge in [0.25, 0.3) is 0 Å². The van der Waals surface area contributed by atoms with Crippen LogP contribution in [-0.2, 0) is 20.6 Å². The van der Waals surface area contributed by atoms with Gasteiger partial charge in [0.05, 0.1) is 0 Å². The predicted octanol–water partition coefficient (Wildman–Crippen LogP) is 3.39. The van der Waals surface area contributed by atoms with Crippen molar-refractivity contribution in [1.82, 2.24) is 5.32 Å². The number of hydrogen-bond donors (Lipinski definition) is 2. The fraction of sp³-hybridized carbons (Fsp3) is 0.333. The molecule has 0 aliphatic heterocycles. The number of ether oxygens (including phenoxy) is 1. The number of hydrogen-bond acceptors (Lipinski definition) is 4. The molecule has 0 aliphatic rings. The molecule has 0 fully saturated rings. The van der Waals surface area contributed by atoms with Crippen molar-refractivity contribution in [2.45, 2.75) is 32.2 Å². The zero-order valence-corrected chi connectivity index (χ0v) is 16.8. The van der Waals surface area contributed by atoms with E-state index in [2.05, 4.69) is 5.32 Å². The van der Waals surface area contributed by atoms with Crippen molar-refractivity contribution in [2.75, 3.05) is 12.3 Å². The molecule has 2 aromatic carbocycles. The standard InChI is InChI=1S/C21H26NO5P/c1-17(21(24)27-19-13-6-3-7-14-19)22-20(23)16-28(25,26)15-9-8-12-18-10-4-2-5-11-18/h2-7,10-11,13-14,17H,8-9,12,15-16H2,1H3,(H,22,23)(H,25,26)/t17-/m0/s1. The lowest BCUT2D eigenvalue weighted by molar-refractivity contribution is -0.138. The second-order valence-electron chi connectivity index (χ2n) is 6.69. The van der Waals surface area contributed by atoms with Crippen molar-refractivity contribution in [1.29, 1.82) is 0 Å². The zero-order chi connectivity index (χ0) is 20.4. The Labute approximate surface area is 165 Å². The highest BCUT2D eigenvalue weighted by Crippen LogP contribution is 2.41. The minimum Gasteiger partial charge on any atom is -0.425 e. The number of carbonyl (C=O) groups is 2. The van der Waals surface area contributed by atoms with Crippen LogP contribution in [0.5, 0.6) is 5.75 Å². The first kappa shape index (κ1) is 21.9. The summed E-state index contributed by atoms with van der Waals surface area (Å²) in [6, 6.07) is 17.5. The number of carbonyl (C=O) groups excluding carboxylic acids is 2. The number of aryl methyl sites for hydroxylation is 1. The largest absolute Gasteiger partial charge is 0.425 e. The van der Waals surface area contributed by atoms with E-state index in [4.69, 9.17) is 4.74 Å². The molecule has 2 aromatic rings. The molecule has 150 valence electrons. The van der Waals surface area contributed by atoms with Crippen molar-refractivity contribution in [2.24, 2.45) is 0 Å². The Balaban J connectivity index is 1.71. The molecule has 1 unspecified atom stereocenters. The minimum atomic E-state index is -3.59. The van der Waals surface area contributed by atoms with E-state index in [1.807, 2.05) is 30.3 Å². The fourth-order valence-electron chi connectivity index (χ4n) is 2.68. The number of rotatable bonds is 10. The van der Waals surface area contributed by atoms with Crippen LogP contribution in [0.1, 0.15) is 25.3 Å².